The van der Waals surface area contributed by atoms with Gasteiger partial charge in [-0.25, -0.2) is 0 Å². The van der Waals surface area contributed by atoms with Crippen LogP contribution in [0.5, 0.6) is 69.0 Å². The van der Waals surface area contributed by atoms with Gasteiger partial charge in [-0.05, 0) is 214 Å². The molecular weight excluding hydrogens is 1690 g/mol. The molecule has 14 heteroatoms. The first-order valence-electron chi connectivity index (χ1n) is 56.9. The fourth-order valence-electron chi connectivity index (χ4n) is 18.9. The average Bonchev–Trinajstić information content (AvgIpc) is 0.729. The molecule has 0 fully saturated rings. The van der Waals surface area contributed by atoms with Crippen molar-refractivity contribution in [2.45, 2.75) is 480 Å². The first-order valence-corrected chi connectivity index (χ1v) is 56.9. The molecule has 14 nitrogen and oxygen atoms in total. The molecule has 8 rings (SSSR count). The van der Waals surface area contributed by atoms with Crippen LogP contribution < -0.4 is 56.8 Å². The third-order valence-corrected chi connectivity index (χ3v) is 27.3. The Morgan fingerprint density at radius 2 is 0.243 bits per heavy atom. The van der Waals surface area contributed by atoms with Gasteiger partial charge in [0.05, 0.1) is 66.1 Å². The second-order valence-electron chi connectivity index (χ2n) is 39.4. The Kier molecular flexibility index (Phi) is 59.8. The van der Waals surface area contributed by atoms with Crippen LogP contribution in [0.2, 0.25) is 0 Å². The number of hydrogen-bond donors (Lipinski definition) is 0. The molecule has 0 unspecified atom stereocenters. The molecule has 136 heavy (non-hydrogen) atoms. The van der Waals surface area contributed by atoms with Gasteiger partial charge in [-0.3, -0.25) is 9.59 Å². The van der Waals surface area contributed by atoms with Crippen LogP contribution in [0.25, 0.3) is 64.6 Å². The van der Waals surface area contributed by atoms with E-state index < -0.39 is 0 Å². The number of benzene rings is 8. The van der Waals surface area contributed by atoms with Gasteiger partial charge in [-0.2, -0.15) is 0 Å². The van der Waals surface area contributed by atoms with E-state index in [9.17, 15) is 9.59 Å². The highest BCUT2D eigenvalue weighted by Gasteiger charge is 2.26. The predicted octanol–water partition coefficient (Wildman–Crippen LogP) is 38.1. The van der Waals surface area contributed by atoms with E-state index in [0.717, 1.165) is 303 Å². The number of esters is 2. The average molecular weight is 1880 g/mol. The summed E-state index contributed by atoms with van der Waals surface area (Å²) in [5.74, 6) is 7.62. The summed E-state index contributed by atoms with van der Waals surface area (Å²) >= 11 is 0. The van der Waals surface area contributed by atoms with E-state index in [-0.39, 0.29) is 11.9 Å². The van der Waals surface area contributed by atoms with E-state index >= 15 is 0 Å². The summed E-state index contributed by atoms with van der Waals surface area (Å²) in [4.78, 5) is 28.7. The summed E-state index contributed by atoms with van der Waals surface area (Å²) in [5, 5.41) is 12.1. The van der Waals surface area contributed by atoms with Gasteiger partial charge < -0.3 is 56.8 Å². The fraction of sp³-hybridized carbons (Fsp3) is 0.689. The van der Waals surface area contributed by atoms with Crippen LogP contribution >= 0.6 is 0 Å². The van der Waals surface area contributed by atoms with E-state index in [1.165, 1.54) is 205 Å². The molecule has 0 aliphatic heterocycles. The van der Waals surface area contributed by atoms with Crippen LogP contribution in [-0.2, 0) is 9.59 Å². The minimum Gasteiger partial charge on any atom is -0.490 e. The zero-order chi connectivity index (χ0) is 96.3. The zero-order valence-corrected chi connectivity index (χ0v) is 88.0. The standard InChI is InChI=1S/C122H190O14/c1-11-21-31-51-63-75-125-109-85-97-99-87-111(127-77-65-53-33-23-13-3)115(131-81-69-57-37-27-17-7)91-103(99)107-95-119(117(133-83-71-59-39-29-19-9)93-105(107)101(97)89-113(109)129-79-67-55-35-25-15-5)135-121(123)73-61-49-47-45-43-41-42-44-46-48-50-62-74-122(124)136-120-96-108-104-92-116(132-82-70-58-38-28-18-8)112(128-78-66-54-34-24-14-4)88-100(104)98-86-110(126-76-64-52-32-22-12-2)114(130-80-68-56-36-26-16-6)90-102(98)106(108)94-118(120)134-84-72-60-40-30-20-10/h85-96H,11-84H2,1-10H3. The lowest BCUT2D eigenvalue weighted by atomic mass is 9.93. The Morgan fingerprint density at radius 3 is 0.375 bits per heavy atom. The molecular formula is C122H190O14. The second-order valence-corrected chi connectivity index (χ2v) is 39.4. The van der Waals surface area contributed by atoms with Crippen LogP contribution in [0, 0.1) is 0 Å². The third-order valence-electron chi connectivity index (χ3n) is 27.3. The van der Waals surface area contributed by atoms with Crippen molar-refractivity contribution in [2.75, 3.05) is 66.1 Å². The summed E-state index contributed by atoms with van der Waals surface area (Å²) < 4.78 is 81.3. The molecule has 0 aliphatic rings. The Bertz CT molecular complexity index is 4150. The number of carbonyl (C=O) groups excluding carboxylic acids is 2. The van der Waals surface area contributed by atoms with Crippen molar-refractivity contribution in [3.05, 3.63) is 72.8 Å². The number of unbranched alkanes of at least 4 members (excludes halogenated alkanes) is 51. The van der Waals surface area contributed by atoms with Gasteiger partial charge in [0.25, 0.3) is 0 Å². The SMILES string of the molecule is CCCCCCCOc1cc2c3cc(OCCCCCCC)c(OCCCCCCC)cc3c3cc(OC(=O)CCCCCCCCCCCCCCC(=O)Oc4cc5c6cc(OCCCCCCC)c(OCCCCCCC)cc6c6cc(OCCCCCCC)c(OCCCCCCC)cc6c5cc4OCCCCCCC)c(OCCCCCCC)cc3c2cc1OCCCCCCC. The number of fused-ring (bicyclic) bond motifs is 12. The van der Waals surface area contributed by atoms with Gasteiger partial charge in [0.15, 0.2) is 69.0 Å². The van der Waals surface area contributed by atoms with Crippen molar-refractivity contribution in [1.82, 2.24) is 0 Å². The van der Waals surface area contributed by atoms with Gasteiger partial charge in [0, 0.05) is 12.8 Å². The molecule has 0 saturated heterocycles. The molecule has 0 bridgehead atoms. The lowest BCUT2D eigenvalue weighted by molar-refractivity contribution is -0.135. The van der Waals surface area contributed by atoms with Gasteiger partial charge in [-0.1, -0.05) is 390 Å². The summed E-state index contributed by atoms with van der Waals surface area (Å²) in [7, 11) is 0. The van der Waals surface area contributed by atoms with Gasteiger partial charge in [-0.15, -0.1) is 0 Å². The smallest absolute Gasteiger partial charge is 0.311 e. The molecule has 762 valence electrons. The first kappa shape index (κ1) is 114. The molecule has 0 heterocycles. The van der Waals surface area contributed by atoms with Crippen molar-refractivity contribution < 1.29 is 66.4 Å². The maximum Gasteiger partial charge on any atom is 0.311 e. The Labute approximate surface area is 826 Å². The van der Waals surface area contributed by atoms with Crippen molar-refractivity contribution >= 4 is 76.6 Å². The zero-order valence-electron chi connectivity index (χ0n) is 88.0. The van der Waals surface area contributed by atoms with E-state index in [0.29, 0.717) is 102 Å². The number of ether oxygens (including phenoxy) is 12. The third kappa shape index (κ3) is 42.0. The molecule has 0 N–H and O–H groups in total. The van der Waals surface area contributed by atoms with E-state index in [4.69, 9.17) is 56.8 Å². The summed E-state index contributed by atoms with van der Waals surface area (Å²) in [6, 6.07) is 26.0. The summed E-state index contributed by atoms with van der Waals surface area (Å²) in [5.41, 5.74) is 0. The number of carbonyl (C=O) groups is 2. The highest BCUT2D eigenvalue weighted by atomic mass is 16.6. The van der Waals surface area contributed by atoms with E-state index in [2.05, 4.69) is 142 Å². The quantitative estimate of drug-likeness (QED) is 0.0154. The molecule has 0 atom stereocenters. The van der Waals surface area contributed by atoms with Crippen LogP contribution in [0.4, 0.5) is 0 Å². The Hall–Kier alpha value is -7.74. The number of rotatable bonds is 87. The highest BCUT2D eigenvalue weighted by Crippen LogP contribution is 2.51. The molecule has 0 radical (unpaired) electrons. The Morgan fingerprint density at radius 1 is 0.140 bits per heavy atom. The molecule has 8 aromatic carbocycles. The molecule has 8 aromatic rings. The highest BCUT2D eigenvalue weighted by molar-refractivity contribution is 6.28. The predicted molar refractivity (Wildman–Crippen MR) is 576 cm³/mol. The minimum absolute atomic E-state index is 0.240. The van der Waals surface area contributed by atoms with Crippen molar-refractivity contribution in [3.63, 3.8) is 0 Å². The summed E-state index contributed by atoms with van der Waals surface area (Å²) in [6.45, 7) is 28.5. The fourth-order valence-corrected chi connectivity index (χ4v) is 18.9. The molecule has 0 aromatic heterocycles. The first-order chi connectivity index (χ1) is 67.1. The second kappa shape index (κ2) is 71.7. The molecule has 0 saturated carbocycles. The maximum atomic E-state index is 14.4. The lowest BCUT2D eigenvalue weighted by Gasteiger charge is -2.20. The maximum absolute atomic E-state index is 14.4. The topological polar surface area (TPSA) is 145 Å². The van der Waals surface area contributed by atoms with Crippen LogP contribution in [0.1, 0.15) is 480 Å². The Balaban J connectivity index is 0.949. The minimum atomic E-state index is -0.240. The van der Waals surface area contributed by atoms with Gasteiger partial charge in [0.1, 0.15) is 0 Å². The van der Waals surface area contributed by atoms with Crippen molar-refractivity contribution in [2.24, 2.45) is 0 Å². The van der Waals surface area contributed by atoms with Gasteiger partial charge in [0.2, 0.25) is 0 Å². The largest absolute Gasteiger partial charge is 0.490 e. The van der Waals surface area contributed by atoms with Crippen molar-refractivity contribution in [1.29, 1.82) is 0 Å². The molecule has 0 aliphatic carbocycles. The lowest BCUT2D eigenvalue weighted by Crippen LogP contribution is -2.09. The van der Waals surface area contributed by atoms with E-state index in [1.807, 2.05) is 0 Å². The monoisotopic (exact) mass is 1880 g/mol. The van der Waals surface area contributed by atoms with Crippen LogP contribution in [0.3, 0.4) is 0 Å². The summed E-state index contributed by atoms with van der Waals surface area (Å²) in [6.07, 6.45) is 70.0. The van der Waals surface area contributed by atoms with Crippen LogP contribution in [0.15, 0.2) is 72.8 Å². The normalized spacial score (nSPS) is 11.6. The molecule has 0 amide bonds. The van der Waals surface area contributed by atoms with Crippen LogP contribution in [-0.4, -0.2) is 78.0 Å². The number of hydrogen-bond acceptors (Lipinski definition) is 14. The molecule has 0 spiro atoms. The van der Waals surface area contributed by atoms with E-state index in [1.54, 1.807) is 0 Å². The van der Waals surface area contributed by atoms with Gasteiger partial charge >= 0.3 is 11.9 Å². The van der Waals surface area contributed by atoms with Crippen molar-refractivity contribution in [3.8, 4) is 69.0 Å².